The Morgan fingerprint density at radius 1 is 0.375 bits per heavy atom. The second-order valence-electron chi connectivity index (χ2n) is 15.3. The number of ether oxygens (including phenoxy) is 3. The minimum atomic E-state index is -0.781. The van der Waals surface area contributed by atoms with Crippen molar-refractivity contribution in [2.75, 3.05) is 13.2 Å². The van der Waals surface area contributed by atoms with Gasteiger partial charge in [0, 0.05) is 19.3 Å². The van der Waals surface area contributed by atoms with Gasteiger partial charge in [0.1, 0.15) is 13.2 Å². The molecule has 0 rings (SSSR count). The molecule has 0 aliphatic carbocycles. The highest BCUT2D eigenvalue weighted by Gasteiger charge is 2.19. The fourth-order valence-corrected chi connectivity index (χ4v) is 6.26. The second kappa shape index (κ2) is 44.8. The Bertz CT molecular complexity index is 1040. The summed E-state index contributed by atoms with van der Waals surface area (Å²) >= 11 is 0. The fourth-order valence-electron chi connectivity index (χ4n) is 6.26. The first-order valence-corrected chi connectivity index (χ1v) is 23.3. The normalized spacial score (nSPS) is 12.6. The van der Waals surface area contributed by atoms with Crippen molar-refractivity contribution in [3.63, 3.8) is 0 Å². The van der Waals surface area contributed by atoms with Gasteiger partial charge in [-0.3, -0.25) is 14.4 Å². The van der Waals surface area contributed by atoms with Gasteiger partial charge in [-0.25, -0.2) is 0 Å². The highest BCUT2D eigenvalue weighted by Crippen LogP contribution is 2.14. The highest BCUT2D eigenvalue weighted by atomic mass is 16.6. The Morgan fingerprint density at radius 2 is 0.732 bits per heavy atom. The van der Waals surface area contributed by atoms with Crippen LogP contribution < -0.4 is 0 Å². The molecular weight excluding hydrogens is 697 g/mol. The van der Waals surface area contributed by atoms with Crippen LogP contribution in [0.25, 0.3) is 0 Å². The maximum Gasteiger partial charge on any atom is 0.306 e. The van der Waals surface area contributed by atoms with Crippen molar-refractivity contribution in [1.29, 1.82) is 0 Å². The van der Waals surface area contributed by atoms with Gasteiger partial charge < -0.3 is 14.2 Å². The van der Waals surface area contributed by atoms with E-state index in [4.69, 9.17) is 14.2 Å². The third kappa shape index (κ3) is 42.3. The Labute approximate surface area is 345 Å². The van der Waals surface area contributed by atoms with E-state index in [0.717, 1.165) is 116 Å². The molecule has 0 aliphatic heterocycles. The lowest BCUT2D eigenvalue weighted by atomic mass is 10.1. The van der Waals surface area contributed by atoms with Crippen molar-refractivity contribution in [3.05, 3.63) is 60.8 Å². The molecule has 0 amide bonds. The maximum absolute atomic E-state index is 12.7. The molecule has 0 fully saturated rings. The molecule has 1 unspecified atom stereocenters. The van der Waals surface area contributed by atoms with Crippen LogP contribution in [0.4, 0.5) is 0 Å². The van der Waals surface area contributed by atoms with Crippen LogP contribution in [0.5, 0.6) is 0 Å². The quantitative estimate of drug-likeness (QED) is 0.0266. The van der Waals surface area contributed by atoms with Gasteiger partial charge in [0.05, 0.1) is 0 Å². The number of esters is 3. The zero-order chi connectivity index (χ0) is 40.8. The van der Waals surface area contributed by atoms with Crippen molar-refractivity contribution in [2.24, 2.45) is 0 Å². The number of allylic oxidation sites excluding steroid dienone is 10. The van der Waals surface area contributed by atoms with E-state index in [0.29, 0.717) is 19.3 Å². The van der Waals surface area contributed by atoms with E-state index in [1.54, 1.807) is 0 Å². The number of carbonyl (C=O) groups is 3. The molecule has 56 heavy (non-hydrogen) atoms. The predicted octanol–water partition coefficient (Wildman–Crippen LogP) is 14.9. The minimum Gasteiger partial charge on any atom is -0.462 e. The monoisotopic (exact) mass is 783 g/mol. The summed E-state index contributed by atoms with van der Waals surface area (Å²) < 4.78 is 16.7. The standard InChI is InChI=1S/C50H86O6/c1-4-7-10-13-16-19-21-23-24-25-26-28-29-31-34-37-40-43-49(52)55-46-47(45-54-48(51)42-39-36-33-18-15-12-9-6-3)56-50(53)44-41-38-35-32-30-27-22-20-17-14-11-8-5-2/h7,10-11,14,16,19-20,22-24,47H,4-6,8-9,12-13,15,17-18,21,25-46H2,1-3H3/b10-7-,14-11-,19-16-,22-20-,24-23-. The van der Waals surface area contributed by atoms with E-state index in [2.05, 4.69) is 81.5 Å². The van der Waals surface area contributed by atoms with Crippen LogP contribution in [-0.4, -0.2) is 37.2 Å². The molecule has 6 heteroatoms. The molecule has 0 aromatic rings. The van der Waals surface area contributed by atoms with E-state index in [9.17, 15) is 14.4 Å². The average molecular weight is 783 g/mol. The van der Waals surface area contributed by atoms with E-state index in [1.807, 2.05) is 0 Å². The number of unbranched alkanes of at least 4 members (excludes halogenated alkanes) is 20. The molecule has 0 heterocycles. The Kier molecular flexibility index (Phi) is 42.5. The van der Waals surface area contributed by atoms with Gasteiger partial charge in [-0.2, -0.15) is 0 Å². The second-order valence-corrected chi connectivity index (χ2v) is 15.3. The number of carbonyl (C=O) groups excluding carboxylic acids is 3. The number of hydrogen-bond donors (Lipinski definition) is 0. The largest absolute Gasteiger partial charge is 0.462 e. The first kappa shape index (κ1) is 53.1. The lowest BCUT2D eigenvalue weighted by Gasteiger charge is -2.18. The van der Waals surface area contributed by atoms with E-state index >= 15 is 0 Å². The fraction of sp³-hybridized carbons (Fsp3) is 0.740. The van der Waals surface area contributed by atoms with Crippen LogP contribution in [0.15, 0.2) is 60.8 Å². The molecule has 0 saturated heterocycles. The minimum absolute atomic E-state index is 0.0828. The summed E-state index contributed by atoms with van der Waals surface area (Å²) in [4.78, 5) is 37.7. The van der Waals surface area contributed by atoms with Gasteiger partial charge in [0.25, 0.3) is 0 Å². The van der Waals surface area contributed by atoms with Gasteiger partial charge >= 0.3 is 17.9 Å². The number of hydrogen-bond acceptors (Lipinski definition) is 6. The molecular formula is C50H86O6. The Hall–Kier alpha value is -2.89. The van der Waals surface area contributed by atoms with Crippen molar-refractivity contribution in [1.82, 2.24) is 0 Å². The van der Waals surface area contributed by atoms with Crippen LogP contribution in [0, 0.1) is 0 Å². The lowest BCUT2D eigenvalue weighted by molar-refractivity contribution is -0.167. The maximum atomic E-state index is 12.7. The summed E-state index contributed by atoms with van der Waals surface area (Å²) in [6.45, 7) is 6.40. The third-order valence-corrected chi connectivity index (χ3v) is 9.74. The van der Waals surface area contributed by atoms with Gasteiger partial charge in [0.2, 0.25) is 0 Å². The lowest BCUT2D eigenvalue weighted by Crippen LogP contribution is -2.30. The summed E-state index contributed by atoms with van der Waals surface area (Å²) in [5, 5.41) is 0. The SMILES string of the molecule is CC/C=C\C/C=C\C/C=C\CCCCCCCCCC(=O)OCC(COC(=O)CCCCCCCCCC)OC(=O)CCCCCCC/C=C\C/C=C\CCC. The Balaban J connectivity index is 4.35. The molecule has 0 saturated carbocycles. The summed E-state index contributed by atoms with van der Waals surface area (Å²) in [6, 6.07) is 0. The highest BCUT2D eigenvalue weighted by molar-refractivity contribution is 5.71. The summed E-state index contributed by atoms with van der Waals surface area (Å²) in [5.41, 5.74) is 0. The van der Waals surface area contributed by atoms with Crippen LogP contribution in [-0.2, 0) is 28.6 Å². The smallest absolute Gasteiger partial charge is 0.306 e. The summed E-state index contributed by atoms with van der Waals surface area (Å²) in [6.07, 6.45) is 53.5. The first-order chi connectivity index (χ1) is 27.5. The van der Waals surface area contributed by atoms with Crippen LogP contribution in [0.1, 0.15) is 220 Å². The van der Waals surface area contributed by atoms with Crippen LogP contribution in [0.2, 0.25) is 0 Å². The topological polar surface area (TPSA) is 78.9 Å². The van der Waals surface area contributed by atoms with Crippen molar-refractivity contribution >= 4 is 17.9 Å². The summed E-state index contributed by atoms with van der Waals surface area (Å²) in [7, 11) is 0. The zero-order valence-electron chi connectivity index (χ0n) is 36.6. The van der Waals surface area contributed by atoms with E-state index < -0.39 is 6.10 Å². The van der Waals surface area contributed by atoms with Crippen molar-refractivity contribution in [3.8, 4) is 0 Å². The first-order valence-electron chi connectivity index (χ1n) is 23.3. The molecule has 0 aliphatic rings. The van der Waals surface area contributed by atoms with Crippen LogP contribution >= 0.6 is 0 Å². The van der Waals surface area contributed by atoms with Gasteiger partial charge in [-0.05, 0) is 77.0 Å². The third-order valence-electron chi connectivity index (χ3n) is 9.74. The van der Waals surface area contributed by atoms with Crippen molar-refractivity contribution < 1.29 is 28.6 Å². The Morgan fingerprint density at radius 3 is 1.16 bits per heavy atom. The van der Waals surface area contributed by atoms with Gasteiger partial charge in [-0.1, -0.05) is 184 Å². The van der Waals surface area contributed by atoms with Gasteiger partial charge in [-0.15, -0.1) is 0 Å². The molecule has 0 N–H and O–H groups in total. The van der Waals surface area contributed by atoms with Gasteiger partial charge in [0.15, 0.2) is 6.10 Å². The molecule has 322 valence electrons. The molecule has 1 atom stereocenters. The van der Waals surface area contributed by atoms with E-state index in [-0.39, 0.29) is 31.1 Å². The van der Waals surface area contributed by atoms with E-state index in [1.165, 1.54) is 64.2 Å². The predicted molar refractivity (Wildman–Crippen MR) is 238 cm³/mol. The summed E-state index contributed by atoms with van der Waals surface area (Å²) in [5.74, 6) is -0.914. The molecule has 0 spiro atoms. The van der Waals surface area contributed by atoms with Crippen molar-refractivity contribution in [2.45, 2.75) is 226 Å². The molecule has 6 nitrogen and oxygen atoms in total. The molecule has 0 aromatic carbocycles. The number of rotatable bonds is 41. The molecule has 0 radical (unpaired) electrons. The zero-order valence-corrected chi connectivity index (χ0v) is 36.6. The molecule has 0 bridgehead atoms. The molecule has 0 aromatic heterocycles. The average Bonchev–Trinajstić information content (AvgIpc) is 3.19. The van der Waals surface area contributed by atoms with Crippen LogP contribution in [0.3, 0.4) is 0 Å².